The molecule has 14 aromatic rings. The van der Waals surface area contributed by atoms with Crippen LogP contribution < -0.4 is 0 Å². The molecule has 3 heterocycles. The fourth-order valence-corrected chi connectivity index (χ4v) is 10.1. The van der Waals surface area contributed by atoms with Gasteiger partial charge in [0.05, 0.1) is 16.6 Å². The van der Waals surface area contributed by atoms with E-state index in [1.165, 1.54) is 59.5 Å². The lowest BCUT2D eigenvalue weighted by Gasteiger charge is -2.11. The molecule has 5 heteroatoms. The van der Waals surface area contributed by atoms with Crippen LogP contribution in [0.2, 0.25) is 0 Å². The molecule has 0 fully saturated rings. The van der Waals surface area contributed by atoms with Crippen LogP contribution in [0.5, 0.6) is 0 Å². The molecule has 0 radical (unpaired) electrons. The van der Waals surface area contributed by atoms with Gasteiger partial charge in [-0.15, -0.1) is 0 Å². The summed E-state index contributed by atoms with van der Waals surface area (Å²) in [6.45, 7) is 0. The second kappa shape index (κ2) is 13.4. The average Bonchev–Trinajstić information content (AvgIpc) is 3.90. The van der Waals surface area contributed by atoms with Crippen LogP contribution in [0.4, 0.5) is 0 Å². The Balaban J connectivity index is 0.980. The van der Waals surface area contributed by atoms with E-state index in [0.29, 0.717) is 17.5 Å². The first-order chi connectivity index (χ1) is 31.7. The molecule has 0 saturated heterocycles. The summed E-state index contributed by atoms with van der Waals surface area (Å²) in [5.74, 6) is 1.77. The Labute approximate surface area is 366 Å². The smallest absolute Gasteiger partial charge is 0.167 e. The Morgan fingerprint density at radius 1 is 0.328 bits per heavy atom. The topological polar surface area (TPSA) is 56.7 Å². The molecule has 3 aromatic heterocycles. The second-order valence-electron chi connectivity index (χ2n) is 16.8. The molecule has 11 aromatic carbocycles. The maximum Gasteiger partial charge on any atom is 0.167 e. The monoisotopic (exact) mass is 814 g/mol. The van der Waals surface area contributed by atoms with E-state index in [0.717, 1.165) is 60.5 Å². The predicted molar refractivity (Wildman–Crippen MR) is 265 cm³/mol. The van der Waals surface area contributed by atoms with Crippen molar-refractivity contribution in [1.29, 1.82) is 0 Å². The molecular weight excluding hydrogens is 781 g/mol. The summed E-state index contributed by atoms with van der Waals surface area (Å²) < 4.78 is 9.33. The second-order valence-corrected chi connectivity index (χ2v) is 16.8. The average molecular weight is 815 g/mol. The summed E-state index contributed by atoms with van der Waals surface area (Å²) in [6.07, 6.45) is 0. The Morgan fingerprint density at radius 2 is 0.891 bits per heavy atom. The van der Waals surface area contributed by atoms with E-state index in [9.17, 15) is 0 Å². The van der Waals surface area contributed by atoms with E-state index < -0.39 is 0 Å². The molecule has 0 saturated carbocycles. The summed E-state index contributed by atoms with van der Waals surface area (Å²) in [6, 6.07) is 73.5. The third kappa shape index (κ3) is 5.28. The minimum Gasteiger partial charge on any atom is -0.455 e. The highest BCUT2D eigenvalue weighted by molar-refractivity contribution is 6.22. The minimum atomic E-state index is 0.557. The number of benzene rings is 11. The van der Waals surface area contributed by atoms with Gasteiger partial charge in [-0.05, 0) is 108 Å². The van der Waals surface area contributed by atoms with Crippen molar-refractivity contribution in [2.45, 2.75) is 0 Å². The number of hydrogen-bond acceptors (Lipinski definition) is 4. The van der Waals surface area contributed by atoms with Gasteiger partial charge in [-0.3, -0.25) is 0 Å². The highest BCUT2D eigenvalue weighted by Gasteiger charge is 2.21. The molecule has 0 bridgehead atoms. The lowest BCUT2D eigenvalue weighted by molar-refractivity contribution is 0.670. The van der Waals surface area contributed by atoms with Crippen molar-refractivity contribution in [3.05, 3.63) is 206 Å². The first kappa shape index (κ1) is 35.0. The first-order valence-electron chi connectivity index (χ1n) is 21.7. The van der Waals surface area contributed by atoms with E-state index in [1.807, 2.05) is 30.3 Å². The molecular formula is C59H34N4O. The number of rotatable bonds is 4. The quantitative estimate of drug-likeness (QED) is 0.166. The maximum atomic E-state index is 6.90. The summed E-state index contributed by atoms with van der Waals surface area (Å²) in [5, 5.41) is 16.5. The molecule has 5 nitrogen and oxygen atoms in total. The number of para-hydroxylation sites is 1. The van der Waals surface area contributed by atoms with E-state index >= 15 is 0 Å². The number of aromatic nitrogens is 4. The first-order valence-corrected chi connectivity index (χ1v) is 21.7. The Kier molecular flexibility index (Phi) is 7.33. The van der Waals surface area contributed by atoms with Crippen molar-refractivity contribution >= 4 is 97.6 Å². The van der Waals surface area contributed by atoms with Crippen LogP contribution in [0.15, 0.2) is 211 Å². The number of furan rings is 1. The summed E-state index contributed by atoms with van der Waals surface area (Å²) in [4.78, 5) is 15.5. The van der Waals surface area contributed by atoms with Crippen LogP contribution in [-0.4, -0.2) is 19.5 Å². The van der Waals surface area contributed by atoms with Crippen molar-refractivity contribution < 1.29 is 4.42 Å². The molecule has 0 aliphatic rings. The van der Waals surface area contributed by atoms with Crippen molar-refractivity contribution in [1.82, 2.24) is 19.5 Å². The number of hydrogen-bond donors (Lipinski definition) is 0. The van der Waals surface area contributed by atoms with E-state index in [2.05, 4.69) is 180 Å². The van der Waals surface area contributed by atoms with E-state index in [1.54, 1.807) is 0 Å². The van der Waals surface area contributed by atoms with Crippen LogP contribution >= 0.6 is 0 Å². The van der Waals surface area contributed by atoms with Gasteiger partial charge in [0, 0.05) is 38.4 Å². The van der Waals surface area contributed by atoms with E-state index in [-0.39, 0.29) is 0 Å². The van der Waals surface area contributed by atoms with Crippen LogP contribution in [0, 0.1) is 0 Å². The molecule has 0 N–H and O–H groups in total. The van der Waals surface area contributed by atoms with Gasteiger partial charge in [-0.25, -0.2) is 15.0 Å². The highest BCUT2D eigenvalue weighted by atomic mass is 16.3. The largest absolute Gasteiger partial charge is 0.455 e. The fraction of sp³-hybridized carbons (Fsp3) is 0. The van der Waals surface area contributed by atoms with Gasteiger partial charge in [0.1, 0.15) is 11.2 Å². The lowest BCUT2D eigenvalue weighted by atomic mass is 10.00. The molecule has 0 unspecified atom stereocenters. The summed E-state index contributed by atoms with van der Waals surface area (Å²) >= 11 is 0. The van der Waals surface area contributed by atoms with Gasteiger partial charge in [-0.1, -0.05) is 152 Å². The van der Waals surface area contributed by atoms with Crippen molar-refractivity contribution in [3.8, 4) is 39.9 Å². The van der Waals surface area contributed by atoms with Crippen LogP contribution in [0.1, 0.15) is 0 Å². The fourth-order valence-electron chi connectivity index (χ4n) is 10.1. The Bertz CT molecular complexity index is 4170. The predicted octanol–water partition coefficient (Wildman–Crippen LogP) is 15.6. The zero-order chi connectivity index (χ0) is 41.9. The third-order valence-electron chi connectivity index (χ3n) is 13.1. The normalized spacial score (nSPS) is 12.1. The molecule has 0 amide bonds. The van der Waals surface area contributed by atoms with Gasteiger partial charge < -0.3 is 8.98 Å². The minimum absolute atomic E-state index is 0.557. The van der Waals surface area contributed by atoms with Crippen LogP contribution in [-0.2, 0) is 0 Å². The Morgan fingerprint density at radius 3 is 1.64 bits per heavy atom. The summed E-state index contributed by atoms with van der Waals surface area (Å²) in [5.41, 5.74) is 7.65. The van der Waals surface area contributed by atoms with Crippen molar-refractivity contribution in [2.75, 3.05) is 0 Å². The Hall–Kier alpha value is -8.67. The molecule has 296 valence electrons. The van der Waals surface area contributed by atoms with Crippen molar-refractivity contribution in [3.63, 3.8) is 0 Å². The summed E-state index contributed by atoms with van der Waals surface area (Å²) in [7, 11) is 0. The zero-order valence-corrected chi connectivity index (χ0v) is 34.3. The standard InChI is InChI=1S/C59H34N4O/c1-2-12-37(13-3-1)57-60-58(43-24-27-46-42(29-43)22-21-35-11-8-9-18-45(35)46)62-59(61-57)48-20-10-19-47-55-49-34-44(26-23-36(49)25-28-54(55)64-56(47)48)63-52-32-40-16-6-4-14-38(40)30-50(52)51-31-39-15-5-7-17-41(39)33-53(51)63/h1-34H. The third-order valence-corrected chi connectivity index (χ3v) is 13.1. The zero-order valence-electron chi connectivity index (χ0n) is 34.3. The van der Waals surface area contributed by atoms with E-state index in [4.69, 9.17) is 19.4 Å². The SMILES string of the molecule is c1ccc(-c2nc(-c3ccc4c(ccc5ccccc54)c3)nc(-c3cccc4c3oc3ccc5ccc(-n6c7cc8ccccc8cc7c7cc8ccccc8cc76)cc5c34)n2)cc1. The molecule has 0 aliphatic heterocycles. The number of nitrogens with zero attached hydrogens (tertiary/aromatic N) is 4. The van der Waals surface area contributed by atoms with Gasteiger partial charge in [-0.2, -0.15) is 0 Å². The molecule has 64 heavy (non-hydrogen) atoms. The van der Waals surface area contributed by atoms with Gasteiger partial charge in [0.2, 0.25) is 0 Å². The molecule has 0 aliphatic carbocycles. The molecule has 0 spiro atoms. The van der Waals surface area contributed by atoms with Crippen molar-refractivity contribution in [2.24, 2.45) is 0 Å². The maximum absolute atomic E-state index is 6.90. The van der Waals surface area contributed by atoms with Gasteiger partial charge in [0.15, 0.2) is 17.5 Å². The van der Waals surface area contributed by atoms with Gasteiger partial charge >= 0.3 is 0 Å². The van der Waals surface area contributed by atoms with Gasteiger partial charge in [0.25, 0.3) is 0 Å². The van der Waals surface area contributed by atoms with Crippen LogP contribution in [0.25, 0.3) is 137 Å². The highest BCUT2D eigenvalue weighted by Crippen LogP contribution is 2.42. The lowest BCUT2D eigenvalue weighted by Crippen LogP contribution is -2.00. The molecule has 14 rings (SSSR count). The number of fused-ring (bicyclic) bond motifs is 13. The molecule has 0 atom stereocenters. The van der Waals surface area contributed by atoms with Crippen LogP contribution in [0.3, 0.4) is 0 Å².